The second kappa shape index (κ2) is 9.13. The molecule has 0 aliphatic carbocycles. The van der Waals surface area contributed by atoms with E-state index in [9.17, 15) is 4.79 Å². The summed E-state index contributed by atoms with van der Waals surface area (Å²) in [5.74, 6) is 1.31. The largest absolute Gasteiger partial charge is 0.479 e. The molecule has 0 fully saturated rings. The molecule has 0 aliphatic rings. The van der Waals surface area contributed by atoms with Gasteiger partial charge < -0.3 is 14.8 Å². The maximum Gasteiger partial charge on any atom is 0.419 e. The van der Waals surface area contributed by atoms with Crippen LogP contribution in [-0.4, -0.2) is 58.4 Å². The van der Waals surface area contributed by atoms with Crippen molar-refractivity contribution in [3.63, 3.8) is 0 Å². The highest BCUT2D eigenvalue weighted by molar-refractivity contribution is 5.97. The molecule has 0 atom stereocenters. The number of anilines is 2. The van der Waals surface area contributed by atoms with Crippen molar-refractivity contribution in [1.82, 2.24) is 39.1 Å². The van der Waals surface area contributed by atoms with Crippen LogP contribution in [0.25, 0.3) is 33.5 Å². The molecule has 12 heteroatoms. The summed E-state index contributed by atoms with van der Waals surface area (Å²) in [5, 5.41) is 12.4. The van der Waals surface area contributed by atoms with E-state index < -0.39 is 6.09 Å². The molecule has 5 heterocycles. The average Bonchev–Trinajstić information content (AvgIpc) is 3.56. The molecular formula is C24H25N9O3. The molecule has 1 N–H and O–H groups in total. The number of carbonyl (C=O) groups excluding carboxylic acids is 1. The highest BCUT2D eigenvalue weighted by atomic mass is 16.6. The molecule has 0 saturated carbocycles. The lowest BCUT2D eigenvalue weighted by molar-refractivity contribution is 0.118. The van der Waals surface area contributed by atoms with Crippen LogP contribution in [0, 0.1) is 0 Å². The Morgan fingerprint density at radius 3 is 2.33 bits per heavy atom. The van der Waals surface area contributed by atoms with Crippen LogP contribution < -0.4 is 10.1 Å². The number of carbonyl (C=O) groups is 1. The van der Waals surface area contributed by atoms with Crippen LogP contribution in [0.3, 0.4) is 0 Å². The van der Waals surface area contributed by atoms with Gasteiger partial charge in [-0.05, 0) is 19.9 Å². The van der Waals surface area contributed by atoms with E-state index in [0.29, 0.717) is 34.4 Å². The van der Waals surface area contributed by atoms with Crippen LogP contribution >= 0.6 is 0 Å². The maximum atomic E-state index is 13.1. The number of ether oxygens (including phenoxy) is 2. The van der Waals surface area contributed by atoms with Crippen molar-refractivity contribution < 1.29 is 14.3 Å². The van der Waals surface area contributed by atoms with Crippen molar-refractivity contribution in [2.75, 3.05) is 12.4 Å². The number of nitrogens with one attached hydrogen (secondary N) is 1. The number of pyridine rings is 1. The third-order valence-electron chi connectivity index (χ3n) is 5.38. The molecule has 0 bridgehead atoms. The maximum absolute atomic E-state index is 13.1. The summed E-state index contributed by atoms with van der Waals surface area (Å²) in [7, 11) is 5.18. The smallest absolute Gasteiger partial charge is 0.419 e. The van der Waals surface area contributed by atoms with Crippen molar-refractivity contribution in [3.8, 4) is 28.5 Å². The summed E-state index contributed by atoms with van der Waals surface area (Å²) in [5.41, 5.74) is 3.36. The quantitative estimate of drug-likeness (QED) is 0.381. The minimum Gasteiger partial charge on any atom is -0.479 e. The molecule has 12 nitrogen and oxygen atoms in total. The lowest BCUT2D eigenvalue weighted by Gasteiger charge is -2.13. The fourth-order valence-corrected chi connectivity index (χ4v) is 3.81. The van der Waals surface area contributed by atoms with Gasteiger partial charge in [-0.1, -0.05) is 0 Å². The summed E-state index contributed by atoms with van der Waals surface area (Å²) in [6.45, 7) is 3.62. The van der Waals surface area contributed by atoms with E-state index in [1.165, 1.54) is 11.7 Å². The van der Waals surface area contributed by atoms with Crippen LogP contribution in [0.1, 0.15) is 13.8 Å². The average molecular weight is 488 g/mol. The van der Waals surface area contributed by atoms with Crippen molar-refractivity contribution in [1.29, 1.82) is 0 Å². The van der Waals surface area contributed by atoms with Crippen LogP contribution in [0.5, 0.6) is 5.88 Å². The Kier molecular flexibility index (Phi) is 5.84. The van der Waals surface area contributed by atoms with Gasteiger partial charge in [0.2, 0.25) is 5.88 Å². The van der Waals surface area contributed by atoms with Gasteiger partial charge in [0.1, 0.15) is 11.5 Å². The third kappa shape index (κ3) is 4.35. The number of methoxy groups -OCH3 is 1. The molecular weight excluding hydrogens is 462 g/mol. The van der Waals surface area contributed by atoms with Gasteiger partial charge >= 0.3 is 6.09 Å². The highest BCUT2D eigenvalue weighted by Gasteiger charge is 2.21. The topological polar surface area (TPSA) is 127 Å². The summed E-state index contributed by atoms with van der Waals surface area (Å²) in [6, 6.07) is 3.66. The number of rotatable bonds is 6. The number of nitrogens with zero attached hydrogens (tertiary/aromatic N) is 8. The third-order valence-corrected chi connectivity index (χ3v) is 5.38. The highest BCUT2D eigenvalue weighted by Crippen LogP contribution is 2.32. The monoisotopic (exact) mass is 487 g/mol. The molecule has 184 valence electrons. The Morgan fingerprint density at radius 1 is 0.972 bits per heavy atom. The summed E-state index contributed by atoms with van der Waals surface area (Å²) in [6.07, 6.45) is 9.58. The van der Waals surface area contributed by atoms with E-state index in [2.05, 4.69) is 30.5 Å². The molecule has 0 radical (unpaired) electrons. The molecule has 36 heavy (non-hydrogen) atoms. The van der Waals surface area contributed by atoms with E-state index in [4.69, 9.17) is 9.47 Å². The Labute approximate surface area is 206 Å². The lowest BCUT2D eigenvalue weighted by Crippen LogP contribution is -2.18. The van der Waals surface area contributed by atoms with Gasteiger partial charge in [-0.2, -0.15) is 15.2 Å². The fraction of sp³-hybridized carbons (Fsp3) is 0.250. The van der Waals surface area contributed by atoms with Crippen LogP contribution in [-0.2, 0) is 18.8 Å². The van der Waals surface area contributed by atoms with Gasteiger partial charge in [0.05, 0.1) is 48.6 Å². The number of fused-ring (bicyclic) bond motifs is 1. The summed E-state index contributed by atoms with van der Waals surface area (Å²) in [4.78, 5) is 26.5. The SMILES string of the molecule is COc1nc(-c2cnn(C)c2)ncc1Nc1cc2c(cn1)cc(-c1cnn(C)c1)n2C(=O)OC(C)C. The molecule has 5 aromatic rings. The van der Waals surface area contributed by atoms with Crippen LogP contribution in [0.4, 0.5) is 16.3 Å². The lowest BCUT2D eigenvalue weighted by atomic mass is 10.2. The number of hydrogen-bond donors (Lipinski definition) is 1. The second-order valence-corrected chi connectivity index (χ2v) is 8.47. The van der Waals surface area contributed by atoms with Gasteiger partial charge in [0, 0.05) is 49.7 Å². The molecule has 0 aliphatic heterocycles. The zero-order chi connectivity index (χ0) is 25.4. The Hall–Kier alpha value is -4.74. The molecule has 0 amide bonds. The number of aryl methyl sites for hydroxylation is 2. The zero-order valence-electron chi connectivity index (χ0n) is 20.5. The van der Waals surface area contributed by atoms with Gasteiger partial charge in [0.15, 0.2) is 5.82 Å². The second-order valence-electron chi connectivity index (χ2n) is 8.47. The first kappa shape index (κ1) is 23.0. The molecule has 0 unspecified atom stereocenters. The fourth-order valence-electron chi connectivity index (χ4n) is 3.81. The van der Waals surface area contributed by atoms with Crippen LogP contribution in [0.15, 0.2) is 49.3 Å². The molecule has 5 rings (SSSR count). The first-order chi connectivity index (χ1) is 17.3. The first-order valence-corrected chi connectivity index (χ1v) is 11.2. The zero-order valence-corrected chi connectivity index (χ0v) is 20.5. The molecule has 0 aromatic carbocycles. The predicted octanol–water partition coefficient (Wildman–Crippen LogP) is 3.77. The van der Waals surface area contributed by atoms with E-state index in [0.717, 1.165) is 16.5 Å². The van der Waals surface area contributed by atoms with Crippen molar-refractivity contribution in [2.24, 2.45) is 14.1 Å². The number of hydrogen-bond acceptors (Lipinski definition) is 9. The first-order valence-electron chi connectivity index (χ1n) is 11.2. The van der Waals surface area contributed by atoms with Gasteiger partial charge in [-0.25, -0.2) is 19.3 Å². The number of aromatic nitrogens is 8. The van der Waals surface area contributed by atoms with Crippen molar-refractivity contribution in [3.05, 3.63) is 49.3 Å². The molecule has 0 spiro atoms. The normalized spacial score (nSPS) is 11.3. The molecule has 0 saturated heterocycles. The van der Waals surface area contributed by atoms with E-state index in [1.807, 2.05) is 46.4 Å². The van der Waals surface area contributed by atoms with Gasteiger partial charge in [-0.3, -0.25) is 9.36 Å². The Bertz CT molecular complexity index is 1560. The predicted molar refractivity (Wildman–Crippen MR) is 133 cm³/mol. The van der Waals surface area contributed by atoms with E-state index >= 15 is 0 Å². The Morgan fingerprint density at radius 2 is 1.69 bits per heavy atom. The van der Waals surface area contributed by atoms with E-state index in [1.54, 1.807) is 40.2 Å². The van der Waals surface area contributed by atoms with E-state index in [-0.39, 0.29) is 6.10 Å². The van der Waals surface area contributed by atoms with Gasteiger partial charge in [0.25, 0.3) is 0 Å². The summed E-state index contributed by atoms with van der Waals surface area (Å²) >= 11 is 0. The minimum atomic E-state index is -0.488. The molecule has 5 aromatic heterocycles. The minimum absolute atomic E-state index is 0.282. The standard InChI is InChI=1S/C24H25N9O3/c1-14(2)36-24(34)33-19(16-9-27-31(3)12-16)6-15-8-25-21(7-20(15)33)29-18-11-26-22(30-23(18)35-5)17-10-28-32(4)13-17/h6-14H,1-5H3,(H,25,29). The van der Waals surface area contributed by atoms with Crippen molar-refractivity contribution in [2.45, 2.75) is 20.0 Å². The summed E-state index contributed by atoms with van der Waals surface area (Å²) < 4.78 is 15.9. The van der Waals surface area contributed by atoms with Crippen LogP contribution in [0.2, 0.25) is 0 Å². The Balaban J connectivity index is 1.54. The van der Waals surface area contributed by atoms with Gasteiger partial charge in [-0.15, -0.1) is 0 Å². The van der Waals surface area contributed by atoms with Crippen molar-refractivity contribution >= 4 is 28.5 Å².